The van der Waals surface area contributed by atoms with E-state index in [0.717, 1.165) is 24.1 Å². The molecule has 0 saturated heterocycles. The summed E-state index contributed by atoms with van der Waals surface area (Å²) in [6.07, 6.45) is 7.90. The Morgan fingerprint density at radius 1 is 1.32 bits per heavy atom. The molecule has 0 fully saturated rings. The number of nitrogens with one attached hydrogen (secondary N) is 2. The highest BCUT2D eigenvalue weighted by atomic mass is 32.2. The minimum absolute atomic E-state index is 0.238. The average Bonchev–Trinajstić information content (AvgIpc) is 2.98. The molecule has 25 heavy (non-hydrogen) atoms. The summed E-state index contributed by atoms with van der Waals surface area (Å²) in [5.74, 6) is -0.796. The molecular weight excluding hydrogens is 336 g/mol. The summed E-state index contributed by atoms with van der Waals surface area (Å²) in [7, 11) is 0. The van der Waals surface area contributed by atoms with Crippen molar-refractivity contribution in [2.24, 2.45) is 10.7 Å². The number of nitrogens with zero attached hydrogens (tertiary/aromatic N) is 1. The number of hydrogen-bond acceptors (Lipinski definition) is 5. The van der Waals surface area contributed by atoms with E-state index in [0.29, 0.717) is 10.7 Å². The fourth-order valence-electron chi connectivity index (χ4n) is 2.67. The highest BCUT2D eigenvalue weighted by molar-refractivity contribution is 8.14. The topological polar surface area (TPSA) is 96.6 Å². The number of benzene rings is 1. The van der Waals surface area contributed by atoms with E-state index in [1.165, 1.54) is 11.8 Å². The van der Waals surface area contributed by atoms with Crippen molar-refractivity contribution in [2.75, 3.05) is 0 Å². The predicted molar refractivity (Wildman–Crippen MR) is 100 cm³/mol. The van der Waals surface area contributed by atoms with E-state index in [1.54, 1.807) is 6.07 Å². The Kier molecular flexibility index (Phi) is 5.23. The first-order valence-corrected chi connectivity index (χ1v) is 8.95. The molecule has 2 unspecified atom stereocenters. The fourth-order valence-corrected chi connectivity index (χ4v) is 3.77. The zero-order valence-corrected chi connectivity index (χ0v) is 14.7. The molecule has 3 rings (SSSR count). The van der Waals surface area contributed by atoms with Crippen molar-refractivity contribution in [3.05, 3.63) is 59.3 Å². The van der Waals surface area contributed by atoms with Gasteiger partial charge in [0, 0.05) is 11.3 Å². The zero-order chi connectivity index (χ0) is 17.8. The van der Waals surface area contributed by atoms with Crippen LogP contribution in [0.5, 0.6) is 0 Å². The predicted octanol–water partition coefficient (Wildman–Crippen LogP) is 1.83. The first-order valence-electron chi connectivity index (χ1n) is 8.07. The lowest BCUT2D eigenvalue weighted by Crippen LogP contribution is -2.44. The molecule has 0 saturated carbocycles. The Morgan fingerprint density at radius 3 is 2.80 bits per heavy atom. The zero-order valence-electron chi connectivity index (χ0n) is 13.9. The summed E-state index contributed by atoms with van der Waals surface area (Å²) >= 11 is 1.31. The van der Waals surface area contributed by atoms with Crippen LogP contribution >= 0.6 is 11.8 Å². The Hall–Kier alpha value is -2.54. The number of aliphatic imine (C=N–C) groups is 1. The van der Waals surface area contributed by atoms with Gasteiger partial charge in [-0.25, -0.2) is 4.99 Å². The van der Waals surface area contributed by atoms with Gasteiger partial charge in [-0.05, 0) is 37.5 Å². The molecule has 0 aromatic heterocycles. The standard InChI is InChI=1S/C18H20N4O2S/c1-11-7-5-6-10-13(11)16(24)22-17-14(15(19)23)21-18(25-17)20-12-8-3-2-4-9-12/h2-3,5-8,10,14,17H,4,9H2,1H3,(H2,19,23)(H,20,21)(H,22,24). The number of rotatable bonds is 4. The minimum Gasteiger partial charge on any atom is -0.368 e. The molecule has 2 aliphatic rings. The minimum atomic E-state index is -0.791. The molecule has 1 aromatic carbocycles. The summed E-state index contributed by atoms with van der Waals surface area (Å²) < 4.78 is 0. The van der Waals surface area contributed by atoms with Crippen LogP contribution in [0.3, 0.4) is 0 Å². The number of allylic oxidation sites excluding steroid dienone is 4. The first kappa shape index (κ1) is 17.3. The summed E-state index contributed by atoms with van der Waals surface area (Å²) in [6.45, 7) is 1.87. The van der Waals surface area contributed by atoms with Gasteiger partial charge in [0.05, 0.1) is 0 Å². The van der Waals surface area contributed by atoms with E-state index < -0.39 is 17.3 Å². The van der Waals surface area contributed by atoms with E-state index >= 15 is 0 Å². The van der Waals surface area contributed by atoms with Gasteiger partial charge in [0.2, 0.25) is 5.91 Å². The maximum atomic E-state index is 12.5. The van der Waals surface area contributed by atoms with E-state index in [9.17, 15) is 9.59 Å². The van der Waals surface area contributed by atoms with Crippen LogP contribution in [0.2, 0.25) is 0 Å². The lowest BCUT2D eigenvalue weighted by molar-refractivity contribution is -0.119. The summed E-state index contributed by atoms with van der Waals surface area (Å²) in [6, 6.07) is 6.51. The van der Waals surface area contributed by atoms with Crippen LogP contribution in [-0.2, 0) is 4.79 Å². The van der Waals surface area contributed by atoms with E-state index in [-0.39, 0.29) is 5.91 Å². The van der Waals surface area contributed by atoms with Crippen molar-refractivity contribution in [3.8, 4) is 0 Å². The van der Waals surface area contributed by atoms with Gasteiger partial charge in [0.1, 0.15) is 5.37 Å². The highest BCUT2D eigenvalue weighted by Crippen LogP contribution is 2.26. The SMILES string of the molecule is Cc1ccccc1C(=O)NC1SC(NC2=CC=CCC2)=NC1C(N)=O. The average molecular weight is 356 g/mol. The second-order valence-electron chi connectivity index (χ2n) is 5.89. The summed E-state index contributed by atoms with van der Waals surface area (Å²) in [5, 5.41) is 6.17. The number of amides is 2. The Bertz CT molecular complexity index is 785. The largest absolute Gasteiger partial charge is 0.368 e. The monoisotopic (exact) mass is 356 g/mol. The molecule has 1 heterocycles. The third-order valence-corrected chi connectivity index (χ3v) is 5.08. The third kappa shape index (κ3) is 4.11. The molecule has 130 valence electrons. The Balaban J connectivity index is 1.70. The molecule has 1 aliphatic carbocycles. The molecule has 6 nitrogen and oxygen atoms in total. The quantitative estimate of drug-likeness (QED) is 0.767. The molecule has 0 spiro atoms. The lowest BCUT2D eigenvalue weighted by atomic mass is 10.1. The molecule has 1 aromatic rings. The molecule has 7 heteroatoms. The van der Waals surface area contributed by atoms with Crippen LogP contribution in [0.4, 0.5) is 0 Å². The van der Waals surface area contributed by atoms with Crippen molar-refractivity contribution < 1.29 is 9.59 Å². The van der Waals surface area contributed by atoms with Gasteiger partial charge < -0.3 is 16.4 Å². The van der Waals surface area contributed by atoms with Gasteiger partial charge in [0.25, 0.3) is 5.91 Å². The normalized spacial score (nSPS) is 22.1. The van der Waals surface area contributed by atoms with Gasteiger partial charge in [-0.1, -0.05) is 42.1 Å². The van der Waals surface area contributed by atoms with Gasteiger partial charge in [0.15, 0.2) is 11.2 Å². The van der Waals surface area contributed by atoms with Gasteiger partial charge in [-0.2, -0.15) is 0 Å². The molecule has 2 atom stereocenters. The smallest absolute Gasteiger partial charge is 0.252 e. The van der Waals surface area contributed by atoms with Crippen molar-refractivity contribution in [3.63, 3.8) is 0 Å². The van der Waals surface area contributed by atoms with Gasteiger partial charge >= 0.3 is 0 Å². The molecule has 2 amide bonds. The van der Waals surface area contributed by atoms with Gasteiger partial charge in [-0.15, -0.1) is 0 Å². The number of aryl methyl sites for hydroxylation is 1. The Labute approximate surface area is 150 Å². The maximum Gasteiger partial charge on any atom is 0.252 e. The number of primary amides is 1. The number of amidine groups is 1. The lowest BCUT2D eigenvalue weighted by Gasteiger charge is -2.17. The van der Waals surface area contributed by atoms with Crippen LogP contribution in [0, 0.1) is 6.92 Å². The fraction of sp³-hybridized carbons (Fsp3) is 0.278. The Morgan fingerprint density at radius 2 is 2.12 bits per heavy atom. The summed E-state index contributed by atoms with van der Waals surface area (Å²) in [4.78, 5) is 28.6. The molecule has 0 bridgehead atoms. The van der Waals surface area contributed by atoms with Crippen LogP contribution in [0.1, 0.15) is 28.8 Å². The highest BCUT2D eigenvalue weighted by Gasteiger charge is 2.36. The van der Waals surface area contributed by atoms with Crippen LogP contribution in [0.15, 0.2) is 53.2 Å². The number of thioether (sulfide) groups is 1. The van der Waals surface area contributed by atoms with Crippen LogP contribution < -0.4 is 16.4 Å². The van der Waals surface area contributed by atoms with Gasteiger partial charge in [-0.3, -0.25) is 9.59 Å². The second-order valence-corrected chi connectivity index (χ2v) is 7.02. The molecule has 0 radical (unpaired) electrons. The maximum absolute atomic E-state index is 12.5. The summed E-state index contributed by atoms with van der Waals surface area (Å²) in [5.41, 5.74) is 7.94. The second kappa shape index (κ2) is 7.57. The number of hydrogen-bond donors (Lipinski definition) is 3. The van der Waals surface area contributed by atoms with Crippen LogP contribution in [-0.4, -0.2) is 28.4 Å². The number of nitrogens with two attached hydrogens (primary N) is 1. The third-order valence-electron chi connectivity index (χ3n) is 4.02. The van der Waals surface area contributed by atoms with E-state index in [4.69, 9.17) is 5.73 Å². The van der Waals surface area contributed by atoms with Crippen molar-refractivity contribution in [2.45, 2.75) is 31.2 Å². The van der Waals surface area contributed by atoms with E-state index in [2.05, 4.69) is 21.7 Å². The van der Waals surface area contributed by atoms with Crippen LogP contribution in [0.25, 0.3) is 0 Å². The molecule has 1 aliphatic heterocycles. The molecular formula is C18H20N4O2S. The number of carbonyl (C=O) groups is 2. The number of carbonyl (C=O) groups excluding carboxylic acids is 2. The van der Waals surface area contributed by atoms with Crippen molar-refractivity contribution in [1.29, 1.82) is 0 Å². The van der Waals surface area contributed by atoms with E-state index in [1.807, 2.05) is 37.3 Å². The molecule has 4 N–H and O–H groups in total. The van der Waals surface area contributed by atoms with Crippen molar-refractivity contribution in [1.82, 2.24) is 10.6 Å². The van der Waals surface area contributed by atoms with Crippen molar-refractivity contribution >= 4 is 28.7 Å². The first-order chi connectivity index (χ1) is 12.0.